The van der Waals surface area contributed by atoms with Crippen molar-refractivity contribution in [3.05, 3.63) is 34.1 Å². The van der Waals surface area contributed by atoms with Crippen molar-refractivity contribution in [2.75, 3.05) is 5.88 Å². The van der Waals surface area contributed by atoms with Gasteiger partial charge in [0.15, 0.2) is 0 Å². The second kappa shape index (κ2) is 5.26. The van der Waals surface area contributed by atoms with Gasteiger partial charge in [0.05, 0.1) is 0 Å². The molecule has 0 nitrogen and oxygen atoms in total. The van der Waals surface area contributed by atoms with Gasteiger partial charge in [0.25, 0.3) is 0 Å². The number of rotatable bonds is 1. The van der Waals surface area contributed by atoms with Crippen molar-refractivity contribution in [1.82, 2.24) is 0 Å². The minimum atomic E-state index is -0.279. The van der Waals surface area contributed by atoms with Crippen LogP contribution in [-0.2, 0) is 0 Å². The van der Waals surface area contributed by atoms with Crippen LogP contribution in [0.1, 0.15) is 12.0 Å². The molecular formula is C10H7BrClF. The third-order valence-corrected chi connectivity index (χ3v) is 2.25. The van der Waals surface area contributed by atoms with E-state index in [-0.39, 0.29) is 5.82 Å². The van der Waals surface area contributed by atoms with E-state index in [0.717, 1.165) is 4.47 Å². The normalized spacial score (nSPS) is 9.15. The smallest absolute Gasteiger partial charge is 0.124 e. The van der Waals surface area contributed by atoms with Crippen molar-refractivity contribution in [1.29, 1.82) is 0 Å². The van der Waals surface area contributed by atoms with Gasteiger partial charge < -0.3 is 0 Å². The van der Waals surface area contributed by atoms with E-state index in [1.165, 1.54) is 12.1 Å². The van der Waals surface area contributed by atoms with E-state index in [9.17, 15) is 4.39 Å². The Balaban J connectivity index is 2.89. The Bertz CT molecular complexity index is 352. The number of alkyl halides is 1. The number of halogens is 3. The summed E-state index contributed by atoms with van der Waals surface area (Å²) in [6, 6.07) is 4.42. The third-order valence-electron chi connectivity index (χ3n) is 1.37. The molecule has 0 bridgehead atoms. The average Bonchev–Trinajstić information content (AvgIpc) is 2.11. The lowest BCUT2D eigenvalue weighted by molar-refractivity contribution is 0.627. The lowest BCUT2D eigenvalue weighted by atomic mass is 10.2. The fourth-order valence-corrected chi connectivity index (χ4v) is 1.24. The molecule has 0 heterocycles. The van der Waals surface area contributed by atoms with E-state index in [0.29, 0.717) is 17.9 Å². The average molecular weight is 262 g/mol. The first kappa shape index (κ1) is 10.6. The van der Waals surface area contributed by atoms with Crippen molar-refractivity contribution in [2.24, 2.45) is 0 Å². The summed E-state index contributed by atoms with van der Waals surface area (Å²) in [5, 5.41) is 0. The maximum Gasteiger partial charge on any atom is 0.124 e. The van der Waals surface area contributed by atoms with Crippen LogP contribution in [0.5, 0.6) is 0 Å². The molecule has 0 saturated heterocycles. The van der Waals surface area contributed by atoms with Gasteiger partial charge >= 0.3 is 0 Å². The molecule has 1 aromatic carbocycles. The zero-order valence-corrected chi connectivity index (χ0v) is 9.12. The Kier molecular flexibility index (Phi) is 4.27. The van der Waals surface area contributed by atoms with Gasteiger partial charge in [-0.1, -0.05) is 11.8 Å². The van der Waals surface area contributed by atoms with Crippen LogP contribution in [-0.4, -0.2) is 5.88 Å². The molecule has 0 N–H and O–H groups in total. The fraction of sp³-hybridized carbons (Fsp3) is 0.200. The summed E-state index contributed by atoms with van der Waals surface area (Å²) in [5.74, 6) is 5.89. The van der Waals surface area contributed by atoms with E-state index < -0.39 is 0 Å². The lowest BCUT2D eigenvalue weighted by Crippen LogP contribution is -1.80. The van der Waals surface area contributed by atoms with E-state index in [1.54, 1.807) is 6.07 Å². The number of hydrogen-bond acceptors (Lipinski definition) is 0. The molecule has 0 aliphatic heterocycles. The monoisotopic (exact) mass is 260 g/mol. The van der Waals surface area contributed by atoms with Crippen molar-refractivity contribution < 1.29 is 4.39 Å². The van der Waals surface area contributed by atoms with Crippen molar-refractivity contribution in [2.45, 2.75) is 6.42 Å². The molecule has 0 radical (unpaired) electrons. The first-order valence-electron chi connectivity index (χ1n) is 3.74. The van der Waals surface area contributed by atoms with Gasteiger partial charge in [-0.2, -0.15) is 0 Å². The largest absolute Gasteiger partial charge is 0.207 e. The Hall–Kier alpha value is -0.520. The highest BCUT2D eigenvalue weighted by Gasteiger charge is 1.97. The van der Waals surface area contributed by atoms with Gasteiger partial charge in [0, 0.05) is 22.3 Å². The first-order chi connectivity index (χ1) is 6.24. The highest BCUT2D eigenvalue weighted by molar-refractivity contribution is 9.10. The Labute approximate surface area is 90.2 Å². The SMILES string of the molecule is Fc1ccc(Br)c(C#CCCCl)c1. The molecule has 68 valence electrons. The van der Waals surface area contributed by atoms with Crippen LogP contribution in [0.3, 0.4) is 0 Å². The van der Waals surface area contributed by atoms with Crippen LogP contribution in [0.15, 0.2) is 22.7 Å². The Morgan fingerprint density at radius 3 is 2.92 bits per heavy atom. The van der Waals surface area contributed by atoms with Crippen LogP contribution in [0.2, 0.25) is 0 Å². The molecule has 0 aliphatic rings. The molecule has 0 atom stereocenters. The van der Waals surface area contributed by atoms with Gasteiger partial charge in [-0.15, -0.1) is 11.6 Å². The van der Waals surface area contributed by atoms with Gasteiger partial charge in [-0.3, -0.25) is 0 Å². The summed E-state index contributed by atoms with van der Waals surface area (Å²) in [7, 11) is 0. The van der Waals surface area contributed by atoms with Crippen molar-refractivity contribution >= 4 is 27.5 Å². The van der Waals surface area contributed by atoms with Gasteiger partial charge in [0.2, 0.25) is 0 Å². The molecule has 0 unspecified atom stereocenters. The highest BCUT2D eigenvalue weighted by atomic mass is 79.9. The summed E-state index contributed by atoms with van der Waals surface area (Å²) in [6.45, 7) is 0. The number of hydrogen-bond donors (Lipinski definition) is 0. The Morgan fingerprint density at radius 2 is 2.23 bits per heavy atom. The van der Waals surface area contributed by atoms with E-state index in [2.05, 4.69) is 27.8 Å². The second-order valence-corrected chi connectivity index (χ2v) is 3.60. The topological polar surface area (TPSA) is 0 Å². The molecule has 0 saturated carbocycles. The second-order valence-electron chi connectivity index (χ2n) is 2.36. The molecule has 1 rings (SSSR count). The quantitative estimate of drug-likeness (QED) is 0.535. The Morgan fingerprint density at radius 1 is 1.46 bits per heavy atom. The minimum absolute atomic E-state index is 0.279. The predicted molar refractivity (Wildman–Crippen MR) is 56.3 cm³/mol. The zero-order chi connectivity index (χ0) is 9.68. The number of benzene rings is 1. The van der Waals surface area contributed by atoms with Gasteiger partial charge in [0.1, 0.15) is 5.82 Å². The third kappa shape index (κ3) is 3.38. The van der Waals surface area contributed by atoms with E-state index in [1.807, 2.05) is 0 Å². The molecule has 0 aromatic heterocycles. The summed E-state index contributed by atoms with van der Waals surface area (Å²) < 4.78 is 13.5. The summed E-state index contributed by atoms with van der Waals surface area (Å²) in [5.41, 5.74) is 0.658. The molecule has 0 amide bonds. The maximum atomic E-state index is 12.7. The lowest BCUT2D eigenvalue weighted by Gasteiger charge is -1.94. The van der Waals surface area contributed by atoms with E-state index in [4.69, 9.17) is 11.6 Å². The standard InChI is InChI=1S/C10H7BrClF/c11-10-5-4-9(13)7-8(10)3-1-2-6-12/h4-5,7H,2,6H2. The van der Waals surface area contributed by atoms with Crippen LogP contribution in [0.25, 0.3) is 0 Å². The van der Waals surface area contributed by atoms with Crippen LogP contribution >= 0.6 is 27.5 Å². The fourth-order valence-electron chi connectivity index (χ4n) is 0.798. The molecule has 0 fully saturated rings. The van der Waals surface area contributed by atoms with Crippen LogP contribution in [0, 0.1) is 17.7 Å². The van der Waals surface area contributed by atoms with E-state index >= 15 is 0 Å². The minimum Gasteiger partial charge on any atom is -0.207 e. The molecule has 0 spiro atoms. The molecule has 1 aromatic rings. The maximum absolute atomic E-state index is 12.7. The molecule has 13 heavy (non-hydrogen) atoms. The summed E-state index contributed by atoms with van der Waals surface area (Å²) in [4.78, 5) is 0. The van der Waals surface area contributed by atoms with Crippen molar-refractivity contribution in [3.8, 4) is 11.8 Å². The molecular weight excluding hydrogens is 254 g/mol. The van der Waals surface area contributed by atoms with Crippen LogP contribution in [0.4, 0.5) is 4.39 Å². The summed E-state index contributed by atoms with van der Waals surface area (Å²) in [6.07, 6.45) is 0.616. The van der Waals surface area contributed by atoms with Gasteiger partial charge in [-0.05, 0) is 34.1 Å². The van der Waals surface area contributed by atoms with Crippen molar-refractivity contribution in [3.63, 3.8) is 0 Å². The summed E-state index contributed by atoms with van der Waals surface area (Å²) >= 11 is 8.73. The van der Waals surface area contributed by atoms with Crippen LogP contribution < -0.4 is 0 Å². The molecule has 3 heteroatoms. The molecule has 0 aliphatic carbocycles. The predicted octanol–water partition coefficient (Wildman–Crippen LogP) is 3.57. The zero-order valence-electron chi connectivity index (χ0n) is 6.78. The first-order valence-corrected chi connectivity index (χ1v) is 5.06. The highest BCUT2D eigenvalue weighted by Crippen LogP contribution is 2.16. The van der Waals surface area contributed by atoms with Gasteiger partial charge in [-0.25, -0.2) is 4.39 Å².